The Kier molecular flexibility index (Phi) is 9.99. The summed E-state index contributed by atoms with van der Waals surface area (Å²) in [4.78, 5) is 12.3. The third-order valence-corrected chi connectivity index (χ3v) is 5.27. The van der Waals surface area contributed by atoms with Gasteiger partial charge in [-0.05, 0) is 37.0 Å². The number of amides is 2. The number of hydrogen-bond donors (Lipinski definition) is 2. The van der Waals surface area contributed by atoms with Gasteiger partial charge < -0.3 is 15.4 Å². The van der Waals surface area contributed by atoms with Gasteiger partial charge in [0.05, 0.1) is 7.11 Å². The molecule has 1 saturated carbocycles. The van der Waals surface area contributed by atoms with Crippen LogP contribution in [0.1, 0.15) is 76.2 Å². The molecule has 1 aromatic rings. The van der Waals surface area contributed by atoms with Crippen molar-refractivity contribution in [2.24, 2.45) is 0 Å². The van der Waals surface area contributed by atoms with Crippen LogP contribution in [0.5, 0.6) is 5.75 Å². The van der Waals surface area contributed by atoms with Gasteiger partial charge >= 0.3 is 6.03 Å². The Hall–Kier alpha value is -1.71. The molecule has 0 bridgehead atoms. The van der Waals surface area contributed by atoms with Crippen molar-refractivity contribution in [3.8, 4) is 5.75 Å². The molecule has 1 aromatic carbocycles. The van der Waals surface area contributed by atoms with Gasteiger partial charge in [-0.1, -0.05) is 69.9 Å². The molecular weight excluding hydrogens is 324 g/mol. The zero-order valence-electron chi connectivity index (χ0n) is 16.4. The Labute approximate surface area is 159 Å². The lowest BCUT2D eigenvalue weighted by Gasteiger charge is -2.20. The summed E-state index contributed by atoms with van der Waals surface area (Å²) >= 11 is 0. The Balaban J connectivity index is 1.69. The van der Waals surface area contributed by atoms with E-state index in [-0.39, 0.29) is 6.03 Å². The molecule has 146 valence electrons. The lowest BCUT2D eigenvalue weighted by atomic mass is 9.98. The van der Waals surface area contributed by atoms with Crippen LogP contribution in [0.15, 0.2) is 24.3 Å². The van der Waals surface area contributed by atoms with Crippen LogP contribution in [0.25, 0.3) is 0 Å². The average molecular weight is 361 g/mol. The van der Waals surface area contributed by atoms with E-state index in [1.165, 1.54) is 63.4 Å². The Bertz CT molecular complexity index is 507. The highest BCUT2D eigenvalue weighted by atomic mass is 16.5. The molecule has 0 unspecified atom stereocenters. The highest BCUT2D eigenvalue weighted by Gasteiger charge is 2.12. The highest BCUT2D eigenvalue weighted by molar-refractivity contribution is 5.74. The topological polar surface area (TPSA) is 50.4 Å². The first kappa shape index (κ1) is 20.6. The second kappa shape index (κ2) is 12.6. The molecule has 0 aliphatic heterocycles. The predicted molar refractivity (Wildman–Crippen MR) is 108 cm³/mol. The summed E-state index contributed by atoms with van der Waals surface area (Å²) in [6, 6.07) is 8.31. The quantitative estimate of drug-likeness (QED) is 0.757. The minimum Gasteiger partial charge on any atom is -0.497 e. The van der Waals surface area contributed by atoms with Crippen molar-refractivity contribution in [2.75, 3.05) is 13.7 Å². The van der Waals surface area contributed by atoms with Crippen molar-refractivity contribution in [3.63, 3.8) is 0 Å². The van der Waals surface area contributed by atoms with Crippen LogP contribution in [-0.2, 0) is 6.42 Å². The summed E-state index contributed by atoms with van der Waals surface area (Å²) in [5, 5.41) is 6.22. The maximum absolute atomic E-state index is 12.3. The summed E-state index contributed by atoms with van der Waals surface area (Å²) in [7, 11) is 1.67. The van der Waals surface area contributed by atoms with E-state index in [2.05, 4.69) is 16.7 Å². The van der Waals surface area contributed by atoms with E-state index in [0.717, 1.165) is 25.0 Å². The molecule has 0 spiro atoms. The standard InChI is InChI=1S/C22H36N2O2/c1-26-21-15-11-12-19(18-21)16-17-23-22(25)24-20-13-9-7-5-3-2-4-6-8-10-14-20/h11-12,15,18,20H,2-10,13-14,16-17H2,1H3,(H2,23,24,25). The van der Waals surface area contributed by atoms with Crippen molar-refractivity contribution in [1.29, 1.82) is 0 Å². The molecular formula is C22H36N2O2. The lowest BCUT2D eigenvalue weighted by molar-refractivity contribution is 0.234. The number of ether oxygens (including phenoxy) is 1. The second-order valence-electron chi connectivity index (χ2n) is 7.46. The molecule has 2 N–H and O–H groups in total. The molecule has 1 fully saturated rings. The molecule has 1 aliphatic rings. The Morgan fingerprint density at radius 2 is 1.62 bits per heavy atom. The number of urea groups is 1. The van der Waals surface area contributed by atoms with Gasteiger partial charge in [0.1, 0.15) is 5.75 Å². The van der Waals surface area contributed by atoms with Crippen LogP contribution < -0.4 is 15.4 Å². The molecule has 0 atom stereocenters. The molecule has 0 aromatic heterocycles. The van der Waals surface area contributed by atoms with Crippen LogP contribution in [0, 0.1) is 0 Å². The van der Waals surface area contributed by atoms with Crippen molar-refractivity contribution >= 4 is 6.03 Å². The average Bonchev–Trinajstić information content (AvgIpc) is 2.64. The van der Waals surface area contributed by atoms with Gasteiger partial charge in [0.15, 0.2) is 0 Å². The summed E-state index contributed by atoms with van der Waals surface area (Å²) in [5.74, 6) is 0.861. The number of rotatable bonds is 5. The molecule has 0 radical (unpaired) electrons. The summed E-state index contributed by atoms with van der Waals surface area (Å²) in [6.07, 6.45) is 15.0. The fraction of sp³-hybridized carbons (Fsp3) is 0.682. The molecule has 2 amide bonds. The van der Waals surface area contributed by atoms with Gasteiger partial charge in [0.25, 0.3) is 0 Å². The lowest BCUT2D eigenvalue weighted by Crippen LogP contribution is -2.42. The first-order valence-corrected chi connectivity index (χ1v) is 10.5. The number of nitrogens with one attached hydrogen (secondary N) is 2. The maximum Gasteiger partial charge on any atom is 0.315 e. The van der Waals surface area contributed by atoms with Crippen molar-refractivity contribution in [3.05, 3.63) is 29.8 Å². The van der Waals surface area contributed by atoms with Crippen LogP contribution >= 0.6 is 0 Å². The SMILES string of the molecule is COc1cccc(CCNC(=O)NC2CCCCCCCCCCC2)c1. The monoisotopic (exact) mass is 360 g/mol. The molecule has 0 heterocycles. The van der Waals surface area contributed by atoms with E-state index in [1.807, 2.05) is 18.2 Å². The van der Waals surface area contributed by atoms with Crippen molar-refractivity contribution in [1.82, 2.24) is 10.6 Å². The van der Waals surface area contributed by atoms with E-state index in [1.54, 1.807) is 7.11 Å². The van der Waals surface area contributed by atoms with Crippen molar-refractivity contribution in [2.45, 2.75) is 83.1 Å². The largest absolute Gasteiger partial charge is 0.497 e. The molecule has 0 saturated heterocycles. The van der Waals surface area contributed by atoms with E-state index >= 15 is 0 Å². The number of methoxy groups -OCH3 is 1. The fourth-order valence-electron chi connectivity index (χ4n) is 3.69. The Morgan fingerprint density at radius 3 is 2.23 bits per heavy atom. The number of benzene rings is 1. The van der Waals surface area contributed by atoms with Crippen LogP contribution in [0.4, 0.5) is 4.79 Å². The van der Waals surface area contributed by atoms with Gasteiger partial charge in [0, 0.05) is 12.6 Å². The molecule has 4 heteroatoms. The highest BCUT2D eigenvalue weighted by Crippen LogP contribution is 2.17. The maximum atomic E-state index is 12.3. The van der Waals surface area contributed by atoms with E-state index < -0.39 is 0 Å². The second-order valence-corrected chi connectivity index (χ2v) is 7.46. The van der Waals surface area contributed by atoms with Crippen LogP contribution in [-0.4, -0.2) is 25.7 Å². The van der Waals surface area contributed by atoms with Gasteiger partial charge in [-0.2, -0.15) is 0 Å². The van der Waals surface area contributed by atoms with Gasteiger partial charge in [-0.15, -0.1) is 0 Å². The molecule has 2 rings (SSSR count). The summed E-state index contributed by atoms with van der Waals surface area (Å²) in [6.45, 7) is 0.645. The van der Waals surface area contributed by atoms with E-state index in [9.17, 15) is 4.79 Å². The minimum atomic E-state index is -0.0232. The predicted octanol–water partition coefficient (Wildman–Crippen LogP) is 5.21. The van der Waals surface area contributed by atoms with Gasteiger partial charge in [-0.25, -0.2) is 4.79 Å². The number of carbonyl (C=O) groups is 1. The summed E-state index contributed by atoms with van der Waals surface area (Å²) in [5.41, 5.74) is 1.18. The third kappa shape index (κ3) is 8.59. The van der Waals surface area contributed by atoms with E-state index in [4.69, 9.17) is 4.74 Å². The third-order valence-electron chi connectivity index (χ3n) is 5.27. The normalized spacial score (nSPS) is 17.6. The van der Waals surface area contributed by atoms with Gasteiger partial charge in [0.2, 0.25) is 0 Å². The first-order chi connectivity index (χ1) is 12.8. The zero-order valence-corrected chi connectivity index (χ0v) is 16.4. The van der Waals surface area contributed by atoms with Crippen molar-refractivity contribution < 1.29 is 9.53 Å². The first-order valence-electron chi connectivity index (χ1n) is 10.5. The Morgan fingerprint density at radius 1 is 1.00 bits per heavy atom. The zero-order chi connectivity index (χ0) is 18.5. The molecule has 1 aliphatic carbocycles. The van der Waals surface area contributed by atoms with Gasteiger partial charge in [-0.3, -0.25) is 0 Å². The smallest absolute Gasteiger partial charge is 0.315 e. The number of carbonyl (C=O) groups excluding carboxylic acids is 1. The van der Waals surface area contributed by atoms with E-state index in [0.29, 0.717) is 12.6 Å². The number of hydrogen-bond acceptors (Lipinski definition) is 2. The molecule has 4 nitrogen and oxygen atoms in total. The minimum absolute atomic E-state index is 0.0232. The van der Waals surface area contributed by atoms with Crippen LogP contribution in [0.2, 0.25) is 0 Å². The summed E-state index contributed by atoms with van der Waals surface area (Å²) < 4.78 is 5.24. The fourth-order valence-corrected chi connectivity index (χ4v) is 3.69. The molecule has 26 heavy (non-hydrogen) atoms. The van der Waals surface area contributed by atoms with Crippen LogP contribution in [0.3, 0.4) is 0 Å².